The van der Waals surface area contributed by atoms with Crippen LogP contribution in [0.4, 0.5) is 0 Å². The van der Waals surface area contributed by atoms with Crippen LogP contribution < -0.4 is 0 Å². The molecule has 0 saturated heterocycles. The van der Waals surface area contributed by atoms with Gasteiger partial charge in [-0.05, 0) is 55.2 Å². The molecule has 0 fully saturated rings. The molecule has 0 amide bonds. The highest BCUT2D eigenvalue weighted by atomic mass is 32.2. The van der Waals surface area contributed by atoms with E-state index in [1.165, 1.54) is 25.4 Å². The number of rotatable bonds is 3. The molecule has 110 valence electrons. The largest absolute Gasteiger partial charge is 0.396 e. The van der Waals surface area contributed by atoms with Gasteiger partial charge in [-0.25, -0.2) is 0 Å². The SMILES string of the molecule is OCCc1ccc(-[s+]2c3c(c4ccccc42)CCC=C3)cc1. The zero-order chi connectivity index (χ0) is 14.9. The molecule has 1 aliphatic rings. The minimum Gasteiger partial charge on any atom is -0.396 e. The third-order valence-electron chi connectivity index (χ3n) is 4.34. The van der Waals surface area contributed by atoms with Gasteiger partial charge in [-0.2, -0.15) is 0 Å². The fraction of sp³-hybridized carbons (Fsp3) is 0.200. The topological polar surface area (TPSA) is 20.2 Å². The Kier molecular flexibility index (Phi) is 3.57. The number of allylic oxidation sites excluding steroid dienone is 1. The summed E-state index contributed by atoms with van der Waals surface area (Å²) in [5.74, 6) is 0. The highest BCUT2D eigenvalue weighted by Crippen LogP contribution is 2.48. The van der Waals surface area contributed by atoms with Crippen molar-refractivity contribution in [3.05, 3.63) is 70.6 Å². The van der Waals surface area contributed by atoms with Crippen molar-refractivity contribution in [3.8, 4) is 4.90 Å². The minimum atomic E-state index is 0.0360. The predicted molar refractivity (Wildman–Crippen MR) is 95.9 cm³/mol. The van der Waals surface area contributed by atoms with E-state index in [1.54, 1.807) is 5.56 Å². The van der Waals surface area contributed by atoms with Crippen molar-refractivity contribution < 1.29 is 5.11 Å². The maximum atomic E-state index is 9.07. The summed E-state index contributed by atoms with van der Waals surface area (Å²) in [5.41, 5.74) is 2.75. The number of fused-ring (bicyclic) bond motifs is 3. The van der Waals surface area contributed by atoms with Crippen LogP contribution in [0.2, 0.25) is 0 Å². The first-order valence-electron chi connectivity index (χ1n) is 7.81. The molecule has 2 aromatic carbocycles. The van der Waals surface area contributed by atoms with Crippen molar-refractivity contribution in [2.24, 2.45) is 0 Å². The Bertz CT molecular complexity index is 840. The third kappa shape index (κ3) is 2.20. The Balaban J connectivity index is 1.93. The number of thiophene rings is 1. The van der Waals surface area contributed by atoms with E-state index in [4.69, 9.17) is 5.11 Å². The van der Waals surface area contributed by atoms with Gasteiger partial charge in [0.15, 0.2) is 14.5 Å². The van der Waals surface area contributed by atoms with Gasteiger partial charge in [-0.1, -0.05) is 30.3 Å². The third-order valence-corrected chi connectivity index (χ3v) is 6.70. The van der Waals surface area contributed by atoms with Gasteiger partial charge in [-0.3, -0.25) is 0 Å². The molecular weight excluding hydrogens is 288 g/mol. The van der Waals surface area contributed by atoms with Crippen LogP contribution in [-0.4, -0.2) is 11.7 Å². The molecule has 1 N–H and O–H groups in total. The molecule has 0 radical (unpaired) electrons. The first kappa shape index (κ1) is 13.7. The standard InChI is InChI=1S/C20H19OS/c21-14-13-15-9-11-16(12-10-15)22-19-7-3-1-5-17(19)18-6-2-4-8-20(18)22/h1,3-5,7-12,21H,2,6,13-14H2/q+1. The minimum absolute atomic E-state index is 0.0360. The Labute approximate surface area is 133 Å². The number of aryl methyl sites for hydroxylation is 1. The second-order valence-electron chi connectivity index (χ2n) is 5.70. The van der Waals surface area contributed by atoms with Crippen molar-refractivity contribution in [2.75, 3.05) is 6.61 Å². The molecule has 2 heteroatoms. The van der Waals surface area contributed by atoms with Crippen LogP contribution >= 0.6 is 10.5 Å². The van der Waals surface area contributed by atoms with Crippen molar-refractivity contribution in [1.29, 1.82) is 0 Å². The maximum Gasteiger partial charge on any atom is 0.187 e. The zero-order valence-electron chi connectivity index (χ0n) is 12.5. The summed E-state index contributed by atoms with van der Waals surface area (Å²) >= 11 is 0. The van der Waals surface area contributed by atoms with Gasteiger partial charge in [0.2, 0.25) is 0 Å². The Morgan fingerprint density at radius 1 is 1.00 bits per heavy atom. The number of benzene rings is 2. The van der Waals surface area contributed by atoms with Gasteiger partial charge in [-0.15, -0.1) is 0 Å². The zero-order valence-corrected chi connectivity index (χ0v) is 13.3. The lowest BCUT2D eigenvalue weighted by atomic mass is 10.0. The van der Waals surface area contributed by atoms with Crippen LogP contribution in [0.1, 0.15) is 22.4 Å². The summed E-state index contributed by atoms with van der Waals surface area (Å²) in [7, 11) is 0.0360. The molecular formula is C20H19OS+. The van der Waals surface area contributed by atoms with Crippen LogP contribution in [-0.2, 0) is 12.8 Å². The summed E-state index contributed by atoms with van der Waals surface area (Å²) in [6, 6.07) is 17.7. The van der Waals surface area contributed by atoms with Gasteiger partial charge in [0.1, 0.15) is 0 Å². The average Bonchev–Trinajstić information content (AvgIpc) is 2.91. The van der Waals surface area contributed by atoms with E-state index >= 15 is 0 Å². The molecule has 4 rings (SSSR count). The lowest BCUT2D eigenvalue weighted by Gasteiger charge is -2.02. The van der Waals surface area contributed by atoms with E-state index < -0.39 is 0 Å². The molecule has 0 aliphatic heterocycles. The number of aliphatic hydroxyl groups excluding tert-OH is 1. The second kappa shape index (κ2) is 5.71. The predicted octanol–water partition coefficient (Wildman–Crippen LogP) is 5.07. The number of hydrogen-bond acceptors (Lipinski definition) is 1. The van der Waals surface area contributed by atoms with Gasteiger partial charge in [0.25, 0.3) is 0 Å². The summed E-state index contributed by atoms with van der Waals surface area (Å²) in [5, 5.41) is 10.5. The fourth-order valence-electron chi connectivity index (χ4n) is 3.29. The van der Waals surface area contributed by atoms with Gasteiger partial charge in [0.05, 0.1) is 0 Å². The van der Waals surface area contributed by atoms with E-state index in [2.05, 4.69) is 60.7 Å². The number of hydrogen-bond donors (Lipinski definition) is 1. The van der Waals surface area contributed by atoms with Crippen molar-refractivity contribution in [3.63, 3.8) is 0 Å². The van der Waals surface area contributed by atoms with Crippen LogP contribution in [0.15, 0.2) is 54.6 Å². The van der Waals surface area contributed by atoms with Crippen LogP contribution in [0, 0.1) is 0 Å². The molecule has 1 aliphatic carbocycles. The molecule has 1 atom stereocenters. The molecule has 0 bridgehead atoms. The molecule has 1 unspecified atom stereocenters. The van der Waals surface area contributed by atoms with E-state index in [0.717, 1.165) is 19.3 Å². The van der Waals surface area contributed by atoms with Crippen LogP contribution in [0.25, 0.3) is 21.1 Å². The Hall–Kier alpha value is -1.90. The van der Waals surface area contributed by atoms with Crippen molar-refractivity contribution >= 4 is 26.6 Å². The van der Waals surface area contributed by atoms with Crippen LogP contribution in [0.3, 0.4) is 0 Å². The van der Waals surface area contributed by atoms with E-state index in [-0.39, 0.29) is 17.1 Å². The normalized spacial score (nSPS) is 14.3. The summed E-state index contributed by atoms with van der Waals surface area (Å²) < 4.78 is 1.47. The smallest absolute Gasteiger partial charge is 0.187 e. The first-order valence-corrected chi connectivity index (χ1v) is 9.04. The van der Waals surface area contributed by atoms with Crippen LogP contribution in [0.5, 0.6) is 0 Å². The summed E-state index contributed by atoms with van der Waals surface area (Å²) in [6.07, 6.45) is 7.70. The molecule has 1 aromatic heterocycles. The van der Waals surface area contributed by atoms with E-state index in [0.29, 0.717) is 0 Å². The van der Waals surface area contributed by atoms with Crippen molar-refractivity contribution in [1.82, 2.24) is 0 Å². The first-order chi connectivity index (χ1) is 10.9. The van der Waals surface area contributed by atoms with Gasteiger partial charge >= 0.3 is 0 Å². The van der Waals surface area contributed by atoms with Crippen molar-refractivity contribution in [2.45, 2.75) is 19.3 Å². The molecule has 1 nitrogen and oxygen atoms in total. The maximum absolute atomic E-state index is 9.07. The lowest BCUT2D eigenvalue weighted by molar-refractivity contribution is 0.299. The molecule has 0 spiro atoms. The quantitative estimate of drug-likeness (QED) is 0.670. The average molecular weight is 307 g/mol. The molecule has 1 heterocycles. The highest BCUT2D eigenvalue weighted by molar-refractivity contribution is 7.45. The Morgan fingerprint density at radius 2 is 1.82 bits per heavy atom. The van der Waals surface area contributed by atoms with Gasteiger partial charge < -0.3 is 5.11 Å². The van der Waals surface area contributed by atoms with E-state index in [9.17, 15) is 0 Å². The monoisotopic (exact) mass is 307 g/mol. The lowest BCUT2D eigenvalue weighted by Crippen LogP contribution is -1.90. The fourth-order valence-corrected chi connectivity index (χ4v) is 5.76. The molecule has 3 aromatic rings. The molecule has 0 saturated carbocycles. The summed E-state index contributed by atoms with van der Waals surface area (Å²) in [4.78, 5) is 2.88. The Morgan fingerprint density at radius 3 is 2.64 bits per heavy atom. The second-order valence-corrected chi connectivity index (χ2v) is 7.67. The number of aliphatic hydroxyl groups is 1. The molecule has 22 heavy (non-hydrogen) atoms. The van der Waals surface area contributed by atoms with E-state index in [1.807, 2.05) is 0 Å². The van der Waals surface area contributed by atoms with Gasteiger partial charge in [0, 0.05) is 28.0 Å². The highest BCUT2D eigenvalue weighted by Gasteiger charge is 2.28. The summed E-state index contributed by atoms with van der Waals surface area (Å²) in [6.45, 7) is 0.214.